The van der Waals surface area contributed by atoms with Gasteiger partial charge < -0.3 is 14.5 Å². The summed E-state index contributed by atoms with van der Waals surface area (Å²) in [5, 5.41) is 0.772. The van der Waals surface area contributed by atoms with Gasteiger partial charge in [0.25, 0.3) is 0 Å². The van der Waals surface area contributed by atoms with E-state index in [0.29, 0.717) is 41.4 Å². The van der Waals surface area contributed by atoms with Gasteiger partial charge in [-0.15, -0.1) is 0 Å². The van der Waals surface area contributed by atoms with Crippen LogP contribution in [0.15, 0.2) is 36.4 Å². The molecule has 2 aromatic carbocycles. The molecule has 1 aliphatic heterocycles. The lowest BCUT2D eigenvalue weighted by Crippen LogP contribution is -2.48. The van der Waals surface area contributed by atoms with E-state index in [1.807, 2.05) is 13.0 Å². The maximum atomic E-state index is 14.2. The molecule has 3 rings (SSSR count). The summed E-state index contributed by atoms with van der Waals surface area (Å²) in [4.78, 5) is 17.7. The molecule has 0 aromatic heterocycles. The van der Waals surface area contributed by atoms with Crippen molar-refractivity contribution in [3.05, 3.63) is 63.4 Å². The second-order valence-corrected chi connectivity index (χ2v) is 12.4. The van der Waals surface area contributed by atoms with Gasteiger partial charge >= 0.3 is 0 Å². The lowest BCUT2D eigenvalue weighted by atomic mass is 9.77. The van der Waals surface area contributed by atoms with Gasteiger partial charge in [0.1, 0.15) is 0 Å². The van der Waals surface area contributed by atoms with Crippen LogP contribution < -0.4 is 9.46 Å². The predicted molar refractivity (Wildman–Crippen MR) is 145 cm³/mol. The third-order valence-electron chi connectivity index (χ3n) is 6.91. The highest BCUT2D eigenvalue weighted by Gasteiger charge is 2.38. The summed E-state index contributed by atoms with van der Waals surface area (Å²) in [6, 6.07) is 9.80. The molecule has 7 nitrogen and oxygen atoms in total. The molecular weight excluding hydrogens is 540 g/mol. The number of carbonyl (C=O) groups is 1. The van der Waals surface area contributed by atoms with E-state index in [4.69, 9.17) is 27.9 Å². The van der Waals surface area contributed by atoms with Crippen molar-refractivity contribution in [3.8, 4) is 5.75 Å². The van der Waals surface area contributed by atoms with E-state index in [-0.39, 0.29) is 24.2 Å². The van der Waals surface area contributed by atoms with E-state index in [1.54, 1.807) is 36.2 Å². The first kappa shape index (κ1) is 29.6. The van der Waals surface area contributed by atoms with Crippen LogP contribution in [0.2, 0.25) is 10.0 Å². The molecule has 0 radical (unpaired) electrons. The summed E-state index contributed by atoms with van der Waals surface area (Å²) >= 11 is 12.5. The Morgan fingerprint density at radius 3 is 2.43 bits per heavy atom. The van der Waals surface area contributed by atoms with Crippen molar-refractivity contribution in [1.82, 2.24) is 14.5 Å². The zero-order valence-electron chi connectivity index (χ0n) is 21.6. The second-order valence-electron chi connectivity index (χ2n) is 9.85. The molecule has 1 N–H and O–H groups in total. The number of halogens is 3. The summed E-state index contributed by atoms with van der Waals surface area (Å²) in [5.74, 6) is -0.466. The number of hydrogen-bond donors (Lipinski definition) is 1. The minimum atomic E-state index is -3.25. The van der Waals surface area contributed by atoms with E-state index >= 15 is 0 Å². The van der Waals surface area contributed by atoms with Gasteiger partial charge in [-0.1, -0.05) is 35.3 Å². The van der Waals surface area contributed by atoms with Gasteiger partial charge in [0.15, 0.2) is 11.6 Å². The smallest absolute Gasteiger partial charge is 0.233 e. The Morgan fingerprint density at radius 1 is 1.19 bits per heavy atom. The number of carbonyl (C=O) groups excluding carboxylic acids is 1. The fourth-order valence-corrected chi connectivity index (χ4v) is 5.89. The molecular formula is C26H34Cl2FN3O4S. The minimum absolute atomic E-state index is 0.0784. The normalized spacial score (nSPS) is 16.8. The average molecular weight is 575 g/mol. The van der Waals surface area contributed by atoms with Crippen LogP contribution in [0, 0.1) is 5.82 Å². The molecule has 1 unspecified atom stereocenters. The molecule has 0 aliphatic carbocycles. The number of piperidine rings is 1. The van der Waals surface area contributed by atoms with Crippen molar-refractivity contribution in [2.75, 3.05) is 40.0 Å². The van der Waals surface area contributed by atoms with E-state index in [1.165, 1.54) is 19.4 Å². The number of rotatable bonds is 10. The molecule has 1 atom stereocenters. The highest BCUT2D eigenvalue weighted by molar-refractivity contribution is 7.88. The lowest BCUT2D eigenvalue weighted by Gasteiger charge is -2.37. The quantitative estimate of drug-likeness (QED) is 0.454. The van der Waals surface area contributed by atoms with E-state index in [0.717, 1.165) is 18.7 Å². The van der Waals surface area contributed by atoms with Crippen LogP contribution in [0.4, 0.5) is 4.39 Å². The van der Waals surface area contributed by atoms with Gasteiger partial charge in [0.05, 0.1) is 28.8 Å². The molecule has 37 heavy (non-hydrogen) atoms. The largest absolute Gasteiger partial charge is 0.494 e. The molecule has 11 heteroatoms. The van der Waals surface area contributed by atoms with Crippen LogP contribution in [0.3, 0.4) is 0 Å². The van der Waals surface area contributed by atoms with E-state index < -0.39 is 21.3 Å². The maximum absolute atomic E-state index is 14.2. The van der Waals surface area contributed by atoms with E-state index in [9.17, 15) is 17.6 Å². The average Bonchev–Trinajstić information content (AvgIpc) is 2.83. The fraction of sp³-hybridized carbons (Fsp3) is 0.500. The summed E-state index contributed by atoms with van der Waals surface area (Å²) in [7, 11) is -0.145. The third-order valence-corrected chi connectivity index (χ3v) is 8.41. The monoisotopic (exact) mass is 573 g/mol. The van der Waals surface area contributed by atoms with Crippen LogP contribution in [-0.2, 0) is 26.8 Å². The number of ether oxygens (including phenoxy) is 1. The molecule has 1 fully saturated rings. The third kappa shape index (κ3) is 7.80. The Labute approximate surface area is 228 Å². The van der Waals surface area contributed by atoms with Crippen molar-refractivity contribution < 1.29 is 22.3 Å². The molecule has 204 valence electrons. The molecule has 0 spiro atoms. The lowest BCUT2D eigenvalue weighted by molar-refractivity contribution is -0.136. The zero-order chi connectivity index (χ0) is 27.4. The summed E-state index contributed by atoms with van der Waals surface area (Å²) in [6.07, 6.45) is 3.08. The Hall–Kier alpha value is -1.91. The number of hydrogen-bond acceptors (Lipinski definition) is 5. The minimum Gasteiger partial charge on any atom is -0.494 e. The first-order valence-corrected chi connectivity index (χ1v) is 14.7. The highest BCUT2D eigenvalue weighted by Crippen LogP contribution is 2.35. The van der Waals surface area contributed by atoms with Gasteiger partial charge in [-0.2, -0.15) is 0 Å². The molecule has 0 bridgehead atoms. The van der Waals surface area contributed by atoms with Crippen LogP contribution in [0.1, 0.15) is 37.3 Å². The van der Waals surface area contributed by atoms with Gasteiger partial charge in [0.2, 0.25) is 15.9 Å². The number of nitrogens with one attached hydrogen (secondary N) is 1. The maximum Gasteiger partial charge on any atom is 0.233 e. The van der Waals surface area contributed by atoms with Gasteiger partial charge in [0, 0.05) is 19.6 Å². The van der Waals surface area contributed by atoms with Gasteiger partial charge in [-0.25, -0.2) is 17.5 Å². The molecule has 0 saturated carbocycles. The Morgan fingerprint density at radius 2 is 1.86 bits per heavy atom. The standard InChI is InChI=1S/C26H34Cl2FN3O4S/c1-26(19-6-7-21(27)22(28)16-19,11-14-32-12-9-20(10-13-32)30-37(4,34)35)25(33)31(2)17-18-5-8-24(36-3)23(29)15-18/h5-8,15-16,20,30H,9-14,17H2,1-4H3. The second kappa shape index (κ2) is 12.3. The zero-order valence-corrected chi connectivity index (χ0v) is 23.9. The van der Waals surface area contributed by atoms with Gasteiger partial charge in [-0.3, -0.25) is 4.79 Å². The van der Waals surface area contributed by atoms with Crippen molar-refractivity contribution in [2.45, 2.75) is 44.2 Å². The van der Waals surface area contributed by atoms with Crippen LogP contribution in [0.5, 0.6) is 5.75 Å². The number of methoxy groups -OCH3 is 1. The SMILES string of the molecule is COc1ccc(CN(C)C(=O)C(C)(CCN2CCC(NS(C)(=O)=O)CC2)c2ccc(Cl)c(Cl)c2)cc1F. The van der Waals surface area contributed by atoms with Crippen LogP contribution in [-0.4, -0.2) is 70.2 Å². The Balaban J connectivity index is 1.77. The molecule has 1 heterocycles. The molecule has 2 aromatic rings. The number of likely N-dealkylation sites (tertiary alicyclic amines) is 1. The first-order chi connectivity index (χ1) is 17.3. The van der Waals surface area contributed by atoms with Crippen molar-refractivity contribution in [3.63, 3.8) is 0 Å². The van der Waals surface area contributed by atoms with E-state index in [2.05, 4.69) is 9.62 Å². The number of amides is 1. The van der Waals surface area contributed by atoms with Crippen molar-refractivity contribution in [1.29, 1.82) is 0 Å². The van der Waals surface area contributed by atoms with Crippen molar-refractivity contribution in [2.24, 2.45) is 0 Å². The topological polar surface area (TPSA) is 79.0 Å². The summed E-state index contributed by atoms with van der Waals surface area (Å²) in [6.45, 7) is 4.19. The number of sulfonamides is 1. The number of likely N-dealkylation sites (N-methyl/N-ethyl adjacent to an activating group) is 1. The molecule has 1 saturated heterocycles. The predicted octanol–water partition coefficient (Wildman–Crippen LogP) is 4.46. The van der Waals surface area contributed by atoms with Crippen molar-refractivity contribution >= 4 is 39.1 Å². The number of benzene rings is 2. The summed E-state index contributed by atoms with van der Waals surface area (Å²) < 4.78 is 45.0. The Kier molecular flexibility index (Phi) is 9.85. The summed E-state index contributed by atoms with van der Waals surface area (Å²) in [5.41, 5.74) is 0.468. The first-order valence-electron chi connectivity index (χ1n) is 12.1. The number of nitrogens with zero attached hydrogens (tertiary/aromatic N) is 2. The van der Waals surface area contributed by atoms with Crippen LogP contribution >= 0.6 is 23.2 Å². The van der Waals surface area contributed by atoms with Gasteiger partial charge in [-0.05, 0) is 81.2 Å². The molecule has 1 aliphatic rings. The highest BCUT2D eigenvalue weighted by atomic mass is 35.5. The Bertz CT molecular complexity index is 1220. The fourth-order valence-electron chi connectivity index (χ4n) is 4.75. The molecule has 1 amide bonds. The van der Waals surface area contributed by atoms with Crippen LogP contribution in [0.25, 0.3) is 0 Å².